The zero-order chi connectivity index (χ0) is 8.10. The molecule has 0 amide bonds. The van der Waals surface area contributed by atoms with Crippen molar-refractivity contribution in [2.75, 3.05) is 17.8 Å². The second-order valence-electron chi connectivity index (χ2n) is 1.92. The lowest BCUT2D eigenvalue weighted by Gasteiger charge is -2.04. The van der Waals surface area contributed by atoms with E-state index in [1.807, 2.05) is 19.2 Å². The molecule has 1 rings (SSSR count). The summed E-state index contributed by atoms with van der Waals surface area (Å²) >= 11 is 0. The number of hydrazone groups is 1. The Hall–Kier alpha value is -1.58. The van der Waals surface area contributed by atoms with Gasteiger partial charge in [0.1, 0.15) is 0 Å². The average Bonchev–Trinajstić information content (AvgIpc) is 2.06. The van der Waals surface area contributed by atoms with Gasteiger partial charge in [-0.1, -0.05) is 0 Å². The van der Waals surface area contributed by atoms with Gasteiger partial charge < -0.3 is 5.32 Å². The standard InChI is InChI=1S/C7H10N4/c1-8-6-4-3-5-10-7(6)11-9-2/h3-5,8H,2H2,1H3,(H,10,11). The molecular formula is C7H10N4. The van der Waals surface area contributed by atoms with Crippen molar-refractivity contribution in [2.24, 2.45) is 5.10 Å². The topological polar surface area (TPSA) is 49.3 Å². The summed E-state index contributed by atoms with van der Waals surface area (Å²) in [6.45, 7) is 3.30. The molecular weight excluding hydrogens is 140 g/mol. The van der Waals surface area contributed by atoms with Gasteiger partial charge >= 0.3 is 0 Å². The molecule has 11 heavy (non-hydrogen) atoms. The fourth-order valence-electron chi connectivity index (χ4n) is 0.771. The van der Waals surface area contributed by atoms with Crippen molar-refractivity contribution in [3.8, 4) is 0 Å². The molecule has 0 unspecified atom stereocenters. The molecule has 0 atom stereocenters. The van der Waals surface area contributed by atoms with Gasteiger partial charge in [0.25, 0.3) is 0 Å². The van der Waals surface area contributed by atoms with Gasteiger partial charge in [0.05, 0.1) is 5.69 Å². The van der Waals surface area contributed by atoms with Gasteiger partial charge in [-0.15, -0.1) is 0 Å². The lowest BCUT2D eigenvalue weighted by Crippen LogP contribution is -1.97. The van der Waals surface area contributed by atoms with E-state index in [-0.39, 0.29) is 0 Å². The molecule has 0 fully saturated rings. The summed E-state index contributed by atoms with van der Waals surface area (Å²) in [5.41, 5.74) is 3.57. The number of hydrogen-bond donors (Lipinski definition) is 2. The highest BCUT2D eigenvalue weighted by molar-refractivity contribution is 5.63. The zero-order valence-corrected chi connectivity index (χ0v) is 6.33. The molecule has 1 aromatic rings. The molecule has 58 valence electrons. The first kappa shape index (κ1) is 7.53. The molecule has 0 aliphatic carbocycles. The maximum Gasteiger partial charge on any atom is 0.169 e. The largest absolute Gasteiger partial charge is 0.385 e. The molecule has 0 radical (unpaired) electrons. The molecule has 0 aliphatic heterocycles. The van der Waals surface area contributed by atoms with E-state index in [4.69, 9.17) is 0 Å². The Labute approximate surface area is 65.3 Å². The molecule has 0 aliphatic rings. The first-order valence-corrected chi connectivity index (χ1v) is 3.23. The van der Waals surface area contributed by atoms with E-state index in [0.29, 0.717) is 5.82 Å². The van der Waals surface area contributed by atoms with Crippen molar-refractivity contribution >= 4 is 18.2 Å². The summed E-state index contributed by atoms with van der Waals surface area (Å²) in [6, 6.07) is 3.75. The molecule has 0 saturated heterocycles. The van der Waals surface area contributed by atoms with Gasteiger partial charge in [-0.05, 0) is 12.1 Å². The Kier molecular flexibility index (Phi) is 2.43. The molecule has 4 nitrogen and oxygen atoms in total. The quantitative estimate of drug-likeness (QED) is 0.502. The lowest BCUT2D eigenvalue weighted by molar-refractivity contribution is 1.23. The average molecular weight is 150 g/mol. The van der Waals surface area contributed by atoms with Crippen molar-refractivity contribution < 1.29 is 0 Å². The molecule has 2 N–H and O–H groups in total. The van der Waals surface area contributed by atoms with Crippen LogP contribution in [0, 0.1) is 0 Å². The van der Waals surface area contributed by atoms with Crippen LogP contribution < -0.4 is 10.7 Å². The monoisotopic (exact) mass is 150 g/mol. The van der Waals surface area contributed by atoms with Gasteiger partial charge in [0.15, 0.2) is 5.82 Å². The Morgan fingerprint density at radius 3 is 3.09 bits per heavy atom. The third kappa shape index (κ3) is 1.67. The first-order chi connectivity index (χ1) is 5.38. The van der Waals surface area contributed by atoms with Crippen LogP contribution in [0.5, 0.6) is 0 Å². The van der Waals surface area contributed by atoms with E-state index < -0.39 is 0 Å². The second kappa shape index (κ2) is 3.55. The number of anilines is 2. The van der Waals surface area contributed by atoms with Crippen LogP contribution in [0.1, 0.15) is 0 Å². The van der Waals surface area contributed by atoms with Gasteiger partial charge in [-0.25, -0.2) is 4.98 Å². The minimum absolute atomic E-state index is 0.685. The summed E-state index contributed by atoms with van der Waals surface area (Å²) in [5.74, 6) is 0.685. The fraction of sp³-hybridized carbons (Fsp3) is 0.143. The van der Waals surface area contributed by atoms with Crippen LogP contribution in [0.25, 0.3) is 0 Å². The molecule has 1 heterocycles. The molecule has 0 bridgehead atoms. The van der Waals surface area contributed by atoms with E-state index in [9.17, 15) is 0 Å². The number of aromatic nitrogens is 1. The molecule has 1 aromatic heterocycles. The first-order valence-electron chi connectivity index (χ1n) is 3.23. The maximum atomic E-state index is 4.03. The third-order valence-corrected chi connectivity index (χ3v) is 1.26. The van der Waals surface area contributed by atoms with Crippen molar-refractivity contribution in [3.63, 3.8) is 0 Å². The number of pyridine rings is 1. The number of nitrogens with zero attached hydrogens (tertiary/aromatic N) is 2. The Morgan fingerprint density at radius 2 is 2.45 bits per heavy atom. The van der Waals surface area contributed by atoms with E-state index >= 15 is 0 Å². The number of hydrogen-bond acceptors (Lipinski definition) is 4. The maximum absolute atomic E-state index is 4.03. The van der Waals surface area contributed by atoms with Crippen LogP contribution in [-0.4, -0.2) is 18.7 Å². The molecule has 4 heteroatoms. The Balaban J connectivity index is 2.92. The smallest absolute Gasteiger partial charge is 0.169 e. The van der Waals surface area contributed by atoms with E-state index in [2.05, 4.69) is 27.5 Å². The van der Waals surface area contributed by atoms with Gasteiger partial charge in [-0.2, -0.15) is 5.10 Å². The van der Waals surface area contributed by atoms with Crippen LogP contribution >= 0.6 is 0 Å². The van der Waals surface area contributed by atoms with Crippen molar-refractivity contribution in [1.82, 2.24) is 4.98 Å². The minimum atomic E-state index is 0.685. The summed E-state index contributed by atoms with van der Waals surface area (Å²) in [7, 11) is 1.82. The van der Waals surface area contributed by atoms with Crippen molar-refractivity contribution in [2.45, 2.75) is 0 Å². The molecule has 0 spiro atoms. The van der Waals surface area contributed by atoms with Crippen LogP contribution in [-0.2, 0) is 0 Å². The Morgan fingerprint density at radius 1 is 1.64 bits per heavy atom. The molecule has 0 aromatic carbocycles. The Bertz CT molecular complexity index is 246. The second-order valence-corrected chi connectivity index (χ2v) is 1.92. The SMILES string of the molecule is C=NNc1ncccc1NC. The predicted molar refractivity (Wildman–Crippen MR) is 47.0 cm³/mol. The molecule has 0 saturated carbocycles. The van der Waals surface area contributed by atoms with E-state index in [1.54, 1.807) is 6.20 Å². The predicted octanol–water partition coefficient (Wildman–Crippen LogP) is 1.15. The summed E-state index contributed by atoms with van der Waals surface area (Å²) in [5, 5.41) is 6.48. The summed E-state index contributed by atoms with van der Waals surface area (Å²) in [6.07, 6.45) is 1.69. The number of nitrogens with one attached hydrogen (secondary N) is 2. The minimum Gasteiger partial charge on any atom is -0.385 e. The van der Waals surface area contributed by atoms with Crippen molar-refractivity contribution in [1.29, 1.82) is 0 Å². The van der Waals surface area contributed by atoms with E-state index in [1.165, 1.54) is 0 Å². The summed E-state index contributed by atoms with van der Waals surface area (Å²) < 4.78 is 0. The fourth-order valence-corrected chi connectivity index (χ4v) is 0.771. The van der Waals surface area contributed by atoms with Crippen LogP contribution in [0.4, 0.5) is 11.5 Å². The highest BCUT2D eigenvalue weighted by Crippen LogP contribution is 2.15. The van der Waals surface area contributed by atoms with Crippen molar-refractivity contribution in [3.05, 3.63) is 18.3 Å². The van der Waals surface area contributed by atoms with E-state index in [0.717, 1.165) is 5.69 Å². The third-order valence-electron chi connectivity index (χ3n) is 1.26. The van der Waals surface area contributed by atoms with Gasteiger partial charge in [-0.3, -0.25) is 5.43 Å². The lowest BCUT2D eigenvalue weighted by atomic mass is 10.4. The van der Waals surface area contributed by atoms with Gasteiger partial charge in [0, 0.05) is 20.0 Å². The van der Waals surface area contributed by atoms with Crippen LogP contribution in [0.2, 0.25) is 0 Å². The highest BCUT2D eigenvalue weighted by Gasteiger charge is 1.96. The van der Waals surface area contributed by atoms with Crippen LogP contribution in [0.15, 0.2) is 23.4 Å². The highest BCUT2D eigenvalue weighted by atomic mass is 15.3. The zero-order valence-electron chi connectivity index (χ0n) is 6.33. The normalized spacial score (nSPS) is 8.82. The van der Waals surface area contributed by atoms with Gasteiger partial charge in [0.2, 0.25) is 0 Å². The summed E-state index contributed by atoms with van der Waals surface area (Å²) in [4.78, 5) is 4.03. The number of rotatable bonds is 3. The van der Waals surface area contributed by atoms with Crippen LogP contribution in [0.3, 0.4) is 0 Å².